The van der Waals surface area contributed by atoms with Gasteiger partial charge in [0, 0.05) is 42.5 Å². The lowest BCUT2D eigenvalue weighted by Gasteiger charge is -2.30. The van der Waals surface area contributed by atoms with E-state index in [0.29, 0.717) is 11.6 Å². The fourth-order valence-corrected chi connectivity index (χ4v) is 5.59. The molecule has 6 nitrogen and oxygen atoms in total. The number of aromatic nitrogens is 4. The van der Waals surface area contributed by atoms with Gasteiger partial charge in [0.2, 0.25) is 0 Å². The highest BCUT2D eigenvalue weighted by atomic mass is 19.1. The molecule has 1 fully saturated rings. The highest BCUT2D eigenvalue weighted by Crippen LogP contribution is 2.36. The van der Waals surface area contributed by atoms with Gasteiger partial charge in [0.15, 0.2) is 5.82 Å². The van der Waals surface area contributed by atoms with Crippen LogP contribution in [0.2, 0.25) is 0 Å². The first kappa shape index (κ1) is 21.5. The SMILES string of the molecule is Cc1nc2c(F)cc(-c3c[nH]c4ncc(C5=CCN(C)CC5)cc34)cc2n1C1CCN(C)CC1. The molecule has 6 rings (SSSR count). The molecule has 1 aromatic carbocycles. The molecule has 0 unspecified atom stereocenters. The molecule has 0 amide bonds. The second-order valence-electron chi connectivity index (χ2n) is 9.95. The van der Waals surface area contributed by atoms with Gasteiger partial charge in [-0.25, -0.2) is 14.4 Å². The van der Waals surface area contributed by atoms with E-state index in [0.717, 1.165) is 84.5 Å². The lowest BCUT2D eigenvalue weighted by Crippen LogP contribution is -2.31. The van der Waals surface area contributed by atoms with Crippen molar-refractivity contribution in [2.45, 2.75) is 32.2 Å². The number of fused-ring (bicyclic) bond motifs is 2. The number of pyridine rings is 1. The molecular formula is C27H31FN6. The number of hydrogen-bond donors (Lipinski definition) is 1. The fourth-order valence-electron chi connectivity index (χ4n) is 5.59. The number of likely N-dealkylation sites (N-methyl/N-ethyl adjacent to an activating group) is 1. The van der Waals surface area contributed by atoms with Crippen LogP contribution in [-0.4, -0.2) is 69.6 Å². The number of nitrogens with one attached hydrogen (secondary N) is 1. The zero-order valence-electron chi connectivity index (χ0n) is 20.1. The average molecular weight is 459 g/mol. The Morgan fingerprint density at radius 1 is 1.03 bits per heavy atom. The van der Waals surface area contributed by atoms with Crippen LogP contribution in [0.1, 0.15) is 36.7 Å². The van der Waals surface area contributed by atoms with Crippen LogP contribution in [0.15, 0.2) is 36.7 Å². The van der Waals surface area contributed by atoms with Crippen LogP contribution in [-0.2, 0) is 0 Å². The molecule has 4 aromatic rings. The van der Waals surface area contributed by atoms with E-state index in [-0.39, 0.29) is 5.82 Å². The number of rotatable bonds is 3. The van der Waals surface area contributed by atoms with Crippen LogP contribution in [0.5, 0.6) is 0 Å². The standard InChI is InChI=1S/C27H31FN6/c1-17-31-26-24(28)13-19(14-25(26)34(17)21-6-10-33(3)11-7-21)23-16-30-27-22(23)12-20(15-29-27)18-4-8-32(2)9-5-18/h4,12-16,21H,5-11H2,1-3H3,(H,29,30). The Morgan fingerprint density at radius 3 is 2.62 bits per heavy atom. The van der Waals surface area contributed by atoms with Crippen LogP contribution in [0.25, 0.3) is 38.8 Å². The maximum atomic E-state index is 15.3. The lowest BCUT2D eigenvalue weighted by atomic mass is 9.98. The summed E-state index contributed by atoms with van der Waals surface area (Å²) >= 11 is 0. The number of hydrogen-bond acceptors (Lipinski definition) is 4. The van der Waals surface area contributed by atoms with Crippen molar-refractivity contribution < 1.29 is 4.39 Å². The minimum absolute atomic E-state index is 0.265. The first-order valence-electron chi connectivity index (χ1n) is 12.2. The van der Waals surface area contributed by atoms with Crippen LogP contribution < -0.4 is 0 Å². The lowest BCUT2D eigenvalue weighted by molar-refractivity contribution is 0.222. The van der Waals surface area contributed by atoms with E-state index < -0.39 is 0 Å². The molecule has 3 aromatic heterocycles. The number of piperidine rings is 1. The molecule has 0 saturated carbocycles. The minimum Gasteiger partial charge on any atom is -0.346 e. The second kappa shape index (κ2) is 8.32. The molecule has 0 atom stereocenters. The van der Waals surface area contributed by atoms with E-state index in [1.165, 1.54) is 5.57 Å². The molecule has 2 aliphatic rings. The average Bonchev–Trinajstić information content (AvgIpc) is 3.40. The summed E-state index contributed by atoms with van der Waals surface area (Å²) in [5.74, 6) is 0.622. The van der Waals surface area contributed by atoms with Crippen LogP contribution >= 0.6 is 0 Å². The van der Waals surface area contributed by atoms with E-state index in [4.69, 9.17) is 0 Å². The summed E-state index contributed by atoms with van der Waals surface area (Å²) in [5, 5.41) is 1.03. The number of nitrogens with zero attached hydrogens (tertiary/aromatic N) is 5. The van der Waals surface area contributed by atoms with Gasteiger partial charge < -0.3 is 19.4 Å². The van der Waals surface area contributed by atoms with Gasteiger partial charge >= 0.3 is 0 Å². The van der Waals surface area contributed by atoms with Crippen molar-refractivity contribution in [2.75, 3.05) is 40.3 Å². The molecule has 0 bridgehead atoms. The normalized spacial score (nSPS) is 18.8. The summed E-state index contributed by atoms with van der Waals surface area (Å²) in [5.41, 5.74) is 6.50. The van der Waals surface area contributed by atoms with Gasteiger partial charge in [-0.2, -0.15) is 0 Å². The Kier molecular flexibility index (Phi) is 5.26. The van der Waals surface area contributed by atoms with Gasteiger partial charge in [-0.3, -0.25) is 0 Å². The third-order valence-electron chi connectivity index (χ3n) is 7.60. The van der Waals surface area contributed by atoms with Gasteiger partial charge in [0.25, 0.3) is 0 Å². The Labute approximate surface area is 199 Å². The van der Waals surface area contributed by atoms with E-state index in [9.17, 15) is 0 Å². The van der Waals surface area contributed by atoms with Gasteiger partial charge in [0.05, 0.1) is 5.52 Å². The molecule has 0 aliphatic carbocycles. The minimum atomic E-state index is -0.265. The van der Waals surface area contributed by atoms with Crippen molar-refractivity contribution in [1.82, 2.24) is 29.3 Å². The number of halogens is 1. The van der Waals surface area contributed by atoms with Gasteiger partial charge in [-0.05, 0) is 88.3 Å². The molecule has 1 N–H and O–H groups in total. The Morgan fingerprint density at radius 2 is 1.85 bits per heavy atom. The summed E-state index contributed by atoms with van der Waals surface area (Å²) in [6, 6.07) is 6.29. The zero-order chi connectivity index (χ0) is 23.4. The van der Waals surface area contributed by atoms with E-state index >= 15 is 4.39 Å². The number of likely N-dealkylation sites (tertiary alicyclic amines) is 1. The van der Waals surface area contributed by atoms with Crippen LogP contribution in [0.3, 0.4) is 0 Å². The Hall–Kier alpha value is -3.03. The molecule has 5 heterocycles. The summed E-state index contributed by atoms with van der Waals surface area (Å²) in [6.07, 6.45) is 9.31. The van der Waals surface area contributed by atoms with E-state index in [1.807, 2.05) is 19.3 Å². The largest absolute Gasteiger partial charge is 0.346 e. The highest BCUT2D eigenvalue weighted by Gasteiger charge is 2.24. The summed E-state index contributed by atoms with van der Waals surface area (Å²) in [4.78, 5) is 17.3. The predicted octanol–water partition coefficient (Wildman–Crippen LogP) is 5.01. The quantitative estimate of drug-likeness (QED) is 0.469. The topological polar surface area (TPSA) is 53.0 Å². The summed E-state index contributed by atoms with van der Waals surface area (Å²) < 4.78 is 17.6. The van der Waals surface area contributed by atoms with Crippen LogP contribution in [0, 0.1) is 12.7 Å². The van der Waals surface area contributed by atoms with Gasteiger partial charge in [-0.1, -0.05) is 6.08 Å². The summed E-state index contributed by atoms with van der Waals surface area (Å²) in [7, 11) is 4.30. The molecule has 2 aliphatic heterocycles. The molecule has 0 radical (unpaired) electrons. The van der Waals surface area contributed by atoms with Crippen molar-refractivity contribution in [3.05, 3.63) is 53.9 Å². The summed E-state index contributed by atoms with van der Waals surface area (Å²) in [6.45, 7) is 6.10. The Bertz CT molecular complexity index is 1410. The smallest absolute Gasteiger partial charge is 0.151 e. The predicted molar refractivity (Wildman–Crippen MR) is 135 cm³/mol. The number of aromatic amines is 1. The molecule has 0 spiro atoms. The second-order valence-corrected chi connectivity index (χ2v) is 9.95. The Balaban J connectivity index is 1.45. The highest BCUT2D eigenvalue weighted by molar-refractivity contribution is 5.97. The maximum absolute atomic E-state index is 15.3. The zero-order valence-corrected chi connectivity index (χ0v) is 20.1. The first-order chi connectivity index (χ1) is 16.5. The fraction of sp³-hybridized carbons (Fsp3) is 0.407. The number of aryl methyl sites for hydroxylation is 1. The molecular weight excluding hydrogens is 427 g/mol. The third kappa shape index (κ3) is 3.63. The van der Waals surface area contributed by atoms with Crippen molar-refractivity contribution in [3.63, 3.8) is 0 Å². The monoisotopic (exact) mass is 458 g/mol. The molecule has 176 valence electrons. The number of H-pyrrole nitrogens is 1. The van der Waals surface area contributed by atoms with Crippen molar-refractivity contribution >= 4 is 27.6 Å². The van der Waals surface area contributed by atoms with Gasteiger partial charge in [-0.15, -0.1) is 0 Å². The van der Waals surface area contributed by atoms with Gasteiger partial charge in [0.1, 0.15) is 17.0 Å². The van der Waals surface area contributed by atoms with Crippen molar-refractivity contribution in [2.24, 2.45) is 0 Å². The van der Waals surface area contributed by atoms with E-state index in [2.05, 4.69) is 61.6 Å². The molecule has 1 saturated heterocycles. The third-order valence-corrected chi connectivity index (χ3v) is 7.60. The van der Waals surface area contributed by atoms with Crippen molar-refractivity contribution in [3.8, 4) is 11.1 Å². The van der Waals surface area contributed by atoms with Crippen LogP contribution in [0.4, 0.5) is 4.39 Å². The molecule has 7 heteroatoms. The number of imidazole rings is 1. The van der Waals surface area contributed by atoms with E-state index in [1.54, 1.807) is 6.07 Å². The first-order valence-corrected chi connectivity index (χ1v) is 12.2. The molecule has 34 heavy (non-hydrogen) atoms. The maximum Gasteiger partial charge on any atom is 0.151 e. The number of benzene rings is 1. The van der Waals surface area contributed by atoms with Crippen molar-refractivity contribution in [1.29, 1.82) is 0 Å².